The number of hydrogen-bond donors (Lipinski definition) is 0. The van der Waals surface area contributed by atoms with Crippen molar-refractivity contribution >= 4 is 27.6 Å². The molecule has 2 aromatic carbocycles. The number of halogens is 1. The van der Waals surface area contributed by atoms with Crippen LogP contribution in [0.25, 0.3) is 0 Å². The van der Waals surface area contributed by atoms with Crippen LogP contribution in [-0.2, 0) is 21.4 Å². The molecule has 0 N–H and O–H groups in total. The van der Waals surface area contributed by atoms with Gasteiger partial charge in [-0.15, -0.1) is 0 Å². The number of hydrogen-bond acceptors (Lipinski definition) is 4. The Kier molecular flexibility index (Phi) is 5.42. The Labute approximate surface area is 152 Å². The molecule has 1 heterocycles. The van der Waals surface area contributed by atoms with E-state index < -0.39 is 16.0 Å². The maximum atomic E-state index is 12.5. The van der Waals surface area contributed by atoms with Crippen LogP contribution in [0.3, 0.4) is 0 Å². The highest BCUT2D eigenvalue weighted by Crippen LogP contribution is 2.21. The van der Waals surface area contributed by atoms with E-state index in [-0.39, 0.29) is 11.5 Å². The quantitative estimate of drug-likeness (QED) is 0.746. The van der Waals surface area contributed by atoms with Gasteiger partial charge < -0.3 is 4.74 Å². The highest BCUT2D eigenvalue weighted by molar-refractivity contribution is 7.89. The molecule has 0 atom stereocenters. The van der Waals surface area contributed by atoms with Gasteiger partial charge >= 0.3 is 5.97 Å². The van der Waals surface area contributed by atoms with E-state index in [1.807, 2.05) is 6.07 Å². The van der Waals surface area contributed by atoms with Crippen molar-refractivity contribution in [2.75, 3.05) is 13.1 Å². The first-order valence-corrected chi connectivity index (χ1v) is 9.81. The molecular formula is C18H18ClNO4S. The van der Waals surface area contributed by atoms with Crippen LogP contribution in [-0.4, -0.2) is 31.8 Å². The van der Waals surface area contributed by atoms with Gasteiger partial charge in [-0.1, -0.05) is 29.8 Å². The van der Waals surface area contributed by atoms with Crippen LogP contribution >= 0.6 is 11.6 Å². The predicted octanol–water partition coefficient (Wildman–Crippen LogP) is 3.48. The second kappa shape index (κ2) is 7.56. The lowest BCUT2D eigenvalue weighted by molar-refractivity contribution is 0.0472. The van der Waals surface area contributed by atoms with Gasteiger partial charge in [-0.2, -0.15) is 4.31 Å². The topological polar surface area (TPSA) is 63.7 Å². The Bertz CT molecular complexity index is 859. The van der Waals surface area contributed by atoms with Gasteiger partial charge in [0, 0.05) is 23.7 Å². The summed E-state index contributed by atoms with van der Waals surface area (Å²) in [4.78, 5) is 12.3. The molecule has 1 aliphatic heterocycles. The van der Waals surface area contributed by atoms with E-state index in [1.54, 1.807) is 18.2 Å². The lowest BCUT2D eigenvalue weighted by atomic mass is 10.2. The molecule has 5 nitrogen and oxygen atoms in total. The van der Waals surface area contributed by atoms with E-state index in [0.717, 1.165) is 12.8 Å². The van der Waals surface area contributed by atoms with Crippen molar-refractivity contribution in [3.63, 3.8) is 0 Å². The van der Waals surface area contributed by atoms with Crippen molar-refractivity contribution in [3.05, 3.63) is 64.7 Å². The molecule has 2 aromatic rings. The van der Waals surface area contributed by atoms with Crippen LogP contribution in [0.5, 0.6) is 0 Å². The second-order valence-electron chi connectivity index (χ2n) is 5.80. The van der Waals surface area contributed by atoms with Gasteiger partial charge in [0.2, 0.25) is 10.0 Å². The number of carbonyl (C=O) groups is 1. The number of sulfonamides is 1. The summed E-state index contributed by atoms with van der Waals surface area (Å²) >= 11 is 6.02. The minimum Gasteiger partial charge on any atom is -0.457 e. The van der Waals surface area contributed by atoms with Crippen LogP contribution in [0, 0.1) is 0 Å². The van der Waals surface area contributed by atoms with E-state index in [2.05, 4.69) is 0 Å². The third kappa shape index (κ3) is 4.03. The molecule has 0 saturated carbocycles. The average Bonchev–Trinajstić information content (AvgIpc) is 3.16. The van der Waals surface area contributed by atoms with Crippen molar-refractivity contribution in [3.8, 4) is 0 Å². The van der Waals surface area contributed by atoms with Crippen LogP contribution in [0.15, 0.2) is 53.4 Å². The van der Waals surface area contributed by atoms with Crippen molar-refractivity contribution in [1.29, 1.82) is 0 Å². The Morgan fingerprint density at radius 2 is 1.68 bits per heavy atom. The molecule has 0 spiro atoms. The fourth-order valence-corrected chi connectivity index (χ4v) is 4.39. The van der Waals surface area contributed by atoms with Crippen LogP contribution < -0.4 is 0 Å². The maximum Gasteiger partial charge on any atom is 0.338 e. The van der Waals surface area contributed by atoms with Crippen molar-refractivity contribution in [1.82, 2.24) is 4.31 Å². The molecule has 0 bridgehead atoms. The third-order valence-corrected chi connectivity index (χ3v) is 6.39. The molecule has 0 amide bonds. The number of esters is 1. The first-order chi connectivity index (χ1) is 12.0. The molecule has 1 saturated heterocycles. The minimum atomic E-state index is -3.48. The van der Waals surface area contributed by atoms with Gasteiger partial charge in [-0.3, -0.25) is 0 Å². The van der Waals surface area contributed by atoms with E-state index in [4.69, 9.17) is 16.3 Å². The summed E-state index contributed by atoms with van der Waals surface area (Å²) in [7, 11) is -3.48. The monoisotopic (exact) mass is 379 g/mol. The van der Waals surface area contributed by atoms with E-state index >= 15 is 0 Å². The number of nitrogens with zero attached hydrogens (tertiary/aromatic N) is 1. The number of rotatable bonds is 5. The van der Waals surface area contributed by atoms with Gasteiger partial charge in [0.05, 0.1) is 10.5 Å². The summed E-state index contributed by atoms with van der Waals surface area (Å²) < 4.78 is 31.6. The first kappa shape index (κ1) is 17.9. The van der Waals surface area contributed by atoms with Crippen LogP contribution in [0.1, 0.15) is 28.8 Å². The van der Waals surface area contributed by atoms with E-state index in [1.165, 1.54) is 28.6 Å². The largest absolute Gasteiger partial charge is 0.457 e. The molecule has 0 radical (unpaired) electrons. The van der Waals surface area contributed by atoms with Gasteiger partial charge in [-0.05, 0) is 43.2 Å². The standard InChI is InChI=1S/C18H18ClNO4S/c19-17-6-2-1-5-15(17)13-24-18(21)14-7-9-16(10-8-14)25(22,23)20-11-3-4-12-20/h1-2,5-10H,3-4,11-13H2. The van der Waals surface area contributed by atoms with Crippen molar-refractivity contribution in [2.24, 2.45) is 0 Å². The summed E-state index contributed by atoms with van der Waals surface area (Å²) in [5.41, 5.74) is 1.01. The van der Waals surface area contributed by atoms with Crippen LogP contribution in [0.2, 0.25) is 5.02 Å². The normalized spacial score (nSPS) is 15.2. The highest BCUT2D eigenvalue weighted by Gasteiger charge is 2.27. The Hall–Kier alpha value is -1.89. The Morgan fingerprint density at radius 1 is 1.04 bits per heavy atom. The smallest absolute Gasteiger partial charge is 0.338 e. The van der Waals surface area contributed by atoms with E-state index in [9.17, 15) is 13.2 Å². The molecule has 0 unspecified atom stereocenters. The lowest BCUT2D eigenvalue weighted by Crippen LogP contribution is -2.27. The lowest BCUT2D eigenvalue weighted by Gasteiger charge is -2.15. The molecule has 25 heavy (non-hydrogen) atoms. The fraction of sp³-hybridized carbons (Fsp3) is 0.278. The van der Waals surface area contributed by atoms with Gasteiger partial charge in [-0.25, -0.2) is 13.2 Å². The fourth-order valence-electron chi connectivity index (χ4n) is 2.68. The molecular weight excluding hydrogens is 362 g/mol. The number of carbonyl (C=O) groups excluding carboxylic acids is 1. The summed E-state index contributed by atoms with van der Waals surface area (Å²) in [6.07, 6.45) is 1.76. The van der Waals surface area contributed by atoms with Gasteiger partial charge in [0.15, 0.2) is 0 Å². The Balaban J connectivity index is 1.67. The Morgan fingerprint density at radius 3 is 2.32 bits per heavy atom. The molecule has 0 aliphatic carbocycles. The summed E-state index contributed by atoms with van der Waals surface area (Å²) in [5.74, 6) is -0.523. The van der Waals surface area contributed by atoms with Crippen molar-refractivity contribution in [2.45, 2.75) is 24.3 Å². The minimum absolute atomic E-state index is 0.0618. The molecule has 3 rings (SSSR count). The first-order valence-electron chi connectivity index (χ1n) is 7.99. The molecule has 0 aromatic heterocycles. The number of ether oxygens (including phenoxy) is 1. The summed E-state index contributed by atoms with van der Waals surface area (Å²) in [6, 6.07) is 12.9. The zero-order valence-corrected chi connectivity index (χ0v) is 15.1. The zero-order valence-electron chi connectivity index (χ0n) is 13.5. The SMILES string of the molecule is O=C(OCc1ccccc1Cl)c1ccc(S(=O)(=O)N2CCCC2)cc1. The molecule has 1 fully saturated rings. The predicted molar refractivity (Wildman–Crippen MR) is 95.0 cm³/mol. The molecule has 1 aliphatic rings. The van der Waals surface area contributed by atoms with Gasteiger partial charge in [0.25, 0.3) is 0 Å². The second-order valence-corrected chi connectivity index (χ2v) is 8.15. The third-order valence-electron chi connectivity index (χ3n) is 4.11. The van der Waals surface area contributed by atoms with Gasteiger partial charge in [0.1, 0.15) is 6.61 Å². The summed E-state index contributed by atoms with van der Waals surface area (Å²) in [5, 5.41) is 0.530. The van der Waals surface area contributed by atoms with Crippen molar-refractivity contribution < 1.29 is 17.9 Å². The zero-order chi connectivity index (χ0) is 17.9. The number of benzene rings is 2. The average molecular weight is 380 g/mol. The highest BCUT2D eigenvalue weighted by atomic mass is 35.5. The maximum absolute atomic E-state index is 12.5. The molecule has 7 heteroatoms. The molecule has 132 valence electrons. The van der Waals surface area contributed by atoms with E-state index in [0.29, 0.717) is 29.2 Å². The van der Waals surface area contributed by atoms with Crippen LogP contribution in [0.4, 0.5) is 0 Å². The summed E-state index contributed by atoms with van der Waals surface area (Å²) in [6.45, 7) is 1.15.